The molecule has 0 fully saturated rings. The molecule has 6 nitrogen and oxygen atoms in total. The Morgan fingerprint density at radius 3 is 2.26 bits per heavy atom. The van der Waals surface area contributed by atoms with Gasteiger partial charge in [-0.25, -0.2) is 4.39 Å². The van der Waals surface area contributed by atoms with Crippen molar-refractivity contribution < 1.29 is 18.8 Å². The highest BCUT2D eigenvalue weighted by Gasteiger charge is 2.27. The van der Waals surface area contributed by atoms with E-state index in [0.29, 0.717) is 5.56 Å². The van der Waals surface area contributed by atoms with Crippen LogP contribution in [0, 0.1) is 11.7 Å². The monoisotopic (exact) mass is 323 g/mol. The molecule has 0 unspecified atom stereocenters. The summed E-state index contributed by atoms with van der Waals surface area (Å²) in [7, 11) is 0. The second-order valence-electron chi connectivity index (χ2n) is 5.68. The van der Waals surface area contributed by atoms with Crippen LogP contribution in [0.25, 0.3) is 0 Å². The molecule has 0 saturated carbocycles. The minimum atomic E-state index is -0.995. The van der Waals surface area contributed by atoms with Gasteiger partial charge in [-0.05, 0) is 17.5 Å². The molecule has 23 heavy (non-hydrogen) atoms. The summed E-state index contributed by atoms with van der Waals surface area (Å²) in [5, 5.41) is 4.98. The van der Waals surface area contributed by atoms with E-state index in [2.05, 4.69) is 10.6 Å². The van der Waals surface area contributed by atoms with Crippen molar-refractivity contribution in [1.82, 2.24) is 10.6 Å². The zero-order valence-corrected chi connectivity index (χ0v) is 13.4. The SMILES string of the molecule is CC(=O)N[C@@H](Cc1ccccc1F)C(=O)N[C@@H](C(N)=O)C(C)C. The third-order valence-electron chi connectivity index (χ3n) is 3.35. The highest BCUT2D eigenvalue weighted by Crippen LogP contribution is 2.10. The summed E-state index contributed by atoms with van der Waals surface area (Å²) >= 11 is 0. The van der Waals surface area contributed by atoms with Crippen molar-refractivity contribution >= 4 is 17.7 Å². The van der Waals surface area contributed by atoms with Gasteiger partial charge in [-0.15, -0.1) is 0 Å². The molecule has 0 bridgehead atoms. The molecule has 0 aliphatic rings. The van der Waals surface area contributed by atoms with Gasteiger partial charge in [0, 0.05) is 13.3 Å². The Morgan fingerprint density at radius 2 is 1.78 bits per heavy atom. The fourth-order valence-electron chi connectivity index (χ4n) is 2.16. The molecular formula is C16H22FN3O3. The van der Waals surface area contributed by atoms with Crippen LogP contribution in [-0.4, -0.2) is 29.8 Å². The average molecular weight is 323 g/mol. The van der Waals surface area contributed by atoms with Crippen LogP contribution in [0.1, 0.15) is 26.3 Å². The van der Waals surface area contributed by atoms with Gasteiger partial charge in [0.15, 0.2) is 0 Å². The Balaban J connectivity index is 2.92. The Hall–Kier alpha value is -2.44. The lowest BCUT2D eigenvalue weighted by molar-refractivity contribution is -0.131. The molecule has 2 atom stereocenters. The first-order valence-electron chi connectivity index (χ1n) is 7.32. The van der Waals surface area contributed by atoms with Crippen molar-refractivity contribution in [3.63, 3.8) is 0 Å². The fourth-order valence-corrected chi connectivity index (χ4v) is 2.16. The molecule has 4 N–H and O–H groups in total. The van der Waals surface area contributed by atoms with Crippen LogP contribution in [-0.2, 0) is 20.8 Å². The molecule has 0 saturated heterocycles. The maximum Gasteiger partial charge on any atom is 0.243 e. The minimum Gasteiger partial charge on any atom is -0.368 e. The van der Waals surface area contributed by atoms with Crippen molar-refractivity contribution in [2.45, 2.75) is 39.3 Å². The first-order valence-corrected chi connectivity index (χ1v) is 7.32. The van der Waals surface area contributed by atoms with E-state index in [-0.39, 0.29) is 12.3 Å². The second-order valence-corrected chi connectivity index (χ2v) is 5.68. The topological polar surface area (TPSA) is 101 Å². The molecule has 126 valence electrons. The number of rotatable bonds is 7. The van der Waals surface area contributed by atoms with Gasteiger partial charge in [-0.2, -0.15) is 0 Å². The third-order valence-corrected chi connectivity index (χ3v) is 3.35. The number of hydrogen-bond donors (Lipinski definition) is 3. The van der Waals surface area contributed by atoms with Gasteiger partial charge in [0.05, 0.1) is 0 Å². The average Bonchev–Trinajstić information content (AvgIpc) is 2.44. The van der Waals surface area contributed by atoms with Gasteiger partial charge in [-0.1, -0.05) is 32.0 Å². The predicted octanol–water partition coefficient (Wildman–Crippen LogP) is 0.499. The summed E-state index contributed by atoms with van der Waals surface area (Å²) in [6.45, 7) is 4.73. The summed E-state index contributed by atoms with van der Waals surface area (Å²) in [5.74, 6) is -2.35. The summed E-state index contributed by atoms with van der Waals surface area (Å²) in [6, 6.07) is 4.13. The normalized spacial score (nSPS) is 13.3. The number of hydrogen-bond acceptors (Lipinski definition) is 3. The van der Waals surface area contributed by atoms with Crippen molar-refractivity contribution in [3.8, 4) is 0 Å². The van der Waals surface area contributed by atoms with Crippen molar-refractivity contribution in [2.75, 3.05) is 0 Å². The molecule has 7 heteroatoms. The molecule has 0 aliphatic heterocycles. The summed E-state index contributed by atoms with van der Waals surface area (Å²) in [6.07, 6.45) is -0.0261. The van der Waals surface area contributed by atoms with Crippen LogP contribution < -0.4 is 16.4 Å². The third kappa shape index (κ3) is 5.69. The zero-order valence-electron chi connectivity index (χ0n) is 13.4. The van der Waals surface area contributed by atoms with E-state index in [9.17, 15) is 18.8 Å². The maximum atomic E-state index is 13.8. The van der Waals surface area contributed by atoms with Crippen LogP contribution >= 0.6 is 0 Å². The van der Waals surface area contributed by atoms with E-state index in [4.69, 9.17) is 5.73 Å². The molecule has 0 aliphatic carbocycles. The van der Waals surface area contributed by atoms with E-state index < -0.39 is 35.6 Å². The molecule has 1 aromatic carbocycles. The summed E-state index contributed by atoms with van der Waals surface area (Å²) < 4.78 is 13.8. The van der Waals surface area contributed by atoms with Gasteiger partial charge in [0.2, 0.25) is 17.7 Å². The van der Waals surface area contributed by atoms with Crippen LogP contribution in [0.15, 0.2) is 24.3 Å². The Bertz CT molecular complexity index is 590. The molecule has 0 radical (unpaired) electrons. The van der Waals surface area contributed by atoms with Gasteiger partial charge in [0.25, 0.3) is 0 Å². The molecule has 1 rings (SSSR count). The predicted molar refractivity (Wildman–Crippen MR) is 83.7 cm³/mol. The molecule has 3 amide bonds. The van der Waals surface area contributed by atoms with Gasteiger partial charge >= 0.3 is 0 Å². The van der Waals surface area contributed by atoms with Gasteiger partial charge in [0.1, 0.15) is 17.9 Å². The smallest absolute Gasteiger partial charge is 0.243 e. The Morgan fingerprint density at radius 1 is 1.17 bits per heavy atom. The number of primary amides is 1. The highest BCUT2D eigenvalue weighted by molar-refractivity contribution is 5.91. The van der Waals surface area contributed by atoms with Crippen LogP contribution in [0.4, 0.5) is 4.39 Å². The van der Waals surface area contributed by atoms with Crippen molar-refractivity contribution in [1.29, 1.82) is 0 Å². The number of carbonyl (C=O) groups excluding carboxylic acids is 3. The Kier molecular flexibility index (Phi) is 6.68. The number of nitrogens with two attached hydrogens (primary N) is 1. The second kappa shape index (κ2) is 8.26. The van der Waals surface area contributed by atoms with Crippen LogP contribution in [0.5, 0.6) is 0 Å². The zero-order chi connectivity index (χ0) is 17.6. The lowest BCUT2D eigenvalue weighted by Gasteiger charge is -2.23. The quantitative estimate of drug-likeness (QED) is 0.681. The fraction of sp³-hybridized carbons (Fsp3) is 0.438. The molecule has 0 aromatic heterocycles. The van der Waals surface area contributed by atoms with E-state index in [0.717, 1.165) is 0 Å². The number of benzene rings is 1. The largest absolute Gasteiger partial charge is 0.368 e. The van der Waals surface area contributed by atoms with Crippen LogP contribution in [0.3, 0.4) is 0 Å². The lowest BCUT2D eigenvalue weighted by atomic mass is 10.0. The molecule has 1 aromatic rings. The number of amides is 3. The van der Waals surface area contributed by atoms with Gasteiger partial charge in [-0.3, -0.25) is 14.4 Å². The van der Waals surface area contributed by atoms with Crippen molar-refractivity contribution in [3.05, 3.63) is 35.6 Å². The number of halogens is 1. The Labute approximate surface area is 134 Å². The van der Waals surface area contributed by atoms with Crippen LogP contribution in [0.2, 0.25) is 0 Å². The van der Waals surface area contributed by atoms with Gasteiger partial charge < -0.3 is 16.4 Å². The summed E-state index contributed by atoms with van der Waals surface area (Å²) in [5.41, 5.74) is 5.56. The van der Waals surface area contributed by atoms with E-state index in [1.807, 2.05) is 0 Å². The minimum absolute atomic E-state index is 0.0261. The van der Waals surface area contributed by atoms with E-state index in [1.165, 1.54) is 25.1 Å². The first kappa shape index (κ1) is 18.6. The number of carbonyl (C=O) groups is 3. The summed E-state index contributed by atoms with van der Waals surface area (Å²) in [4.78, 5) is 35.1. The highest BCUT2D eigenvalue weighted by atomic mass is 19.1. The molecule has 0 heterocycles. The molecular weight excluding hydrogens is 301 g/mol. The number of nitrogens with one attached hydrogen (secondary N) is 2. The van der Waals surface area contributed by atoms with E-state index in [1.54, 1.807) is 19.9 Å². The standard InChI is InChI=1S/C16H22FN3O3/c1-9(2)14(15(18)22)20-16(23)13(19-10(3)21)8-11-6-4-5-7-12(11)17/h4-7,9,13-14H,8H2,1-3H3,(H2,18,22)(H,19,21)(H,20,23)/t13-,14+/m0/s1. The lowest BCUT2D eigenvalue weighted by Crippen LogP contribution is -2.55. The van der Waals surface area contributed by atoms with Crippen molar-refractivity contribution in [2.24, 2.45) is 11.7 Å². The van der Waals surface area contributed by atoms with E-state index >= 15 is 0 Å². The first-order chi connectivity index (χ1) is 10.7. The molecule has 0 spiro atoms. The maximum absolute atomic E-state index is 13.8.